The maximum absolute atomic E-state index is 12.8. The minimum atomic E-state index is -0.484. The van der Waals surface area contributed by atoms with Crippen molar-refractivity contribution in [3.8, 4) is 22.6 Å². The summed E-state index contributed by atoms with van der Waals surface area (Å²) < 4.78 is 11.2. The van der Waals surface area contributed by atoms with Crippen LogP contribution in [0.4, 0.5) is 11.4 Å². The highest BCUT2D eigenvalue weighted by molar-refractivity contribution is 6.03. The van der Waals surface area contributed by atoms with Crippen LogP contribution in [0.15, 0.2) is 69.5 Å². The van der Waals surface area contributed by atoms with Crippen LogP contribution < -0.4 is 5.32 Å². The minimum absolute atomic E-state index is 0.0280. The van der Waals surface area contributed by atoms with Crippen LogP contribution in [0.2, 0.25) is 0 Å². The Bertz CT molecular complexity index is 1320. The summed E-state index contributed by atoms with van der Waals surface area (Å²) in [6, 6.07) is 16.7. The quantitative estimate of drug-likeness (QED) is 0.308. The number of carbonyl (C=O) groups is 1. The highest BCUT2D eigenvalue weighted by atomic mass is 16.6. The van der Waals surface area contributed by atoms with Gasteiger partial charge in [0, 0.05) is 17.3 Å². The second kappa shape index (κ2) is 8.52. The third-order valence-corrected chi connectivity index (χ3v) is 5.03. The molecule has 0 bridgehead atoms. The van der Waals surface area contributed by atoms with E-state index in [4.69, 9.17) is 8.83 Å². The molecule has 8 nitrogen and oxygen atoms in total. The number of nitrogens with one attached hydrogen (secondary N) is 1. The van der Waals surface area contributed by atoms with E-state index in [1.54, 1.807) is 37.3 Å². The highest BCUT2D eigenvalue weighted by Crippen LogP contribution is 2.32. The van der Waals surface area contributed by atoms with E-state index in [1.165, 1.54) is 18.2 Å². The van der Waals surface area contributed by atoms with Crippen LogP contribution >= 0.6 is 0 Å². The van der Waals surface area contributed by atoms with Gasteiger partial charge in [-0.15, -0.1) is 0 Å². The predicted molar refractivity (Wildman–Crippen MR) is 118 cm³/mol. The first-order valence-corrected chi connectivity index (χ1v) is 9.83. The number of nitro benzene ring substituents is 1. The maximum atomic E-state index is 12.8. The molecule has 0 saturated heterocycles. The molecule has 32 heavy (non-hydrogen) atoms. The monoisotopic (exact) mass is 432 g/mol. The Balaban J connectivity index is 1.59. The largest absolute Gasteiger partial charge is 0.459 e. The van der Waals surface area contributed by atoms with Gasteiger partial charge in [-0.05, 0) is 61.4 Å². The molecule has 2 aromatic carbocycles. The summed E-state index contributed by atoms with van der Waals surface area (Å²) >= 11 is 0. The van der Waals surface area contributed by atoms with Gasteiger partial charge in [0.05, 0.1) is 10.5 Å². The first-order chi connectivity index (χ1) is 15.4. The third kappa shape index (κ3) is 4.17. The number of rotatable bonds is 6. The highest BCUT2D eigenvalue weighted by Gasteiger charge is 2.20. The van der Waals surface area contributed by atoms with Crippen LogP contribution in [-0.4, -0.2) is 15.9 Å². The van der Waals surface area contributed by atoms with Gasteiger partial charge in [0.2, 0.25) is 0 Å². The number of hydrogen-bond donors (Lipinski definition) is 2. The second-order valence-corrected chi connectivity index (χ2v) is 7.35. The van der Waals surface area contributed by atoms with Gasteiger partial charge in [0.25, 0.3) is 11.6 Å². The van der Waals surface area contributed by atoms with Gasteiger partial charge in [-0.2, -0.15) is 0 Å². The fraction of sp³-hybridized carbons (Fsp3) is 0.125. The molecule has 0 atom stereocenters. The number of nitro groups is 1. The minimum Gasteiger partial charge on any atom is -0.459 e. The summed E-state index contributed by atoms with van der Waals surface area (Å²) in [7, 11) is 0. The number of aliphatic hydroxyl groups excluding tert-OH is 1. The number of aliphatic hydroxyl groups is 1. The van der Waals surface area contributed by atoms with Crippen molar-refractivity contribution in [2.75, 3.05) is 5.32 Å². The number of aryl methyl sites for hydroxylation is 2. The third-order valence-electron chi connectivity index (χ3n) is 5.03. The van der Waals surface area contributed by atoms with Gasteiger partial charge in [-0.25, -0.2) is 0 Å². The van der Waals surface area contributed by atoms with E-state index in [-0.39, 0.29) is 23.8 Å². The first kappa shape index (κ1) is 21.1. The molecule has 0 unspecified atom stereocenters. The standard InChI is InChI=1S/C24H20N2O6/c1-14-3-7-18(20(11-14)26(29)30)22-9-10-23(32-22)24(28)25-19-12-16(5-4-15(19)2)21-8-6-17(13-27)31-21/h3-12,27H,13H2,1-2H3,(H,25,28). The van der Waals surface area contributed by atoms with Gasteiger partial charge in [0.1, 0.15) is 23.9 Å². The molecule has 0 aliphatic heterocycles. The number of nitrogens with zero attached hydrogens (tertiary/aromatic N) is 1. The molecule has 4 rings (SSSR count). The summed E-state index contributed by atoms with van der Waals surface area (Å²) in [5.74, 6) is 0.789. The van der Waals surface area contributed by atoms with Crippen LogP contribution in [0.3, 0.4) is 0 Å². The van der Waals surface area contributed by atoms with Crippen molar-refractivity contribution in [3.63, 3.8) is 0 Å². The Morgan fingerprint density at radius 3 is 2.50 bits per heavy atom. The Kier molecular flexibility index (Phi) is 5.61. The van der Waals surface area contributed by atoms with Crippen molar-refractivity contribution in [1.82, 2.24) is 0 Å². The lowest BCUT2D eigenvalue weighted by molar-refractivity contribution is -0.384. The van der Waals surface area contributed by atoms with Crippen molar-refractivity contribution in [2.45, 2.75) is 20.5 Å². The van der Waals surface area contributed by atoms with Crippen LogP contribution in [-0.2, 0) is 6.61 Å². The second-order valence-electron chi connectivity index (χ2n) is 7.35. The van der Waals surface area contributed by atoms with Crippen molar-refractivity contribution in [2.24, 2.45) is 0 Å². The Hall–Kier alpha value is -4.17. The van der Waals surface area contributed by atoms with Crippen molar-refractivity contribution in [3.05, 3.63) is 93.4 Å². The summed E-state index contributed by atoms with van der Waals surface area (Å²) in [6.45, 7) is 3.42. The molecular weight excluding hydrogens is 412 g/mol. The lowest BCUT2D eigenvalue weighted by Crippen LogP contribution is -2.11. The molecule has 8 heteroatoms. The molecule has 162 valence electrons. The van der Waals surface area contributed by atoms with E-state index in [0.29, 0.717) is 22.8 Å². The molecule has 0 fully saturated rings. The van der Waals surface area contributed by atoms with Crippen LogP contribution in [0.25, 0.3) is 22.6 Å². The molecule has 0 aliphatic rings. The normalized spacial score (nSPS) is 10.8. The molecule has 0 radical (unpaired) electrons. The molecular formula is C24H20N2O6. The van der Waals surface area contributed by atoms with E-state index in [9.17, 15) is 20.0 Å². The fourth-order valence-electron chi connectivity index (χ4n) is 3.32. The smallest absolute Gasteiger partial charge is 0.291 e. The number of benzene rings is 2. The van der Waals surface area contributed by atoms with Crippen LogP contribution in [0.5, 0.6) is 0 Å². The number of amides is 1. The molecule has 2 heterocycles. The zero-order chi connectivity index (χ0) is 22.8. The number of hydrogen-bond acceptors (Lipinski definition) is 6. The Morgan fingerprint density at radius 2 is 1.78 bits per heavy atom. The maximum Gasteiger partial charge on any atom is 0.291 e. The predicted octanol–water partition coefficient (Wildman–Crippen LogP) is 5.48. The average Bonchev–Trinajstić information content (AvgIpc) is 3.45. The Morgan fingerprint density at radius 1 is 1.00 bits per heavy atom. The lowest BCUT2D eigenvalue weighted by atomic mass is 10.1. The molecule has 4 aromatic rings. The molecule has 0 spiro atoms. The van der Waals surface area contributed by atoms with E-state index in [2.05, 4.69) is 5.32 Å². The van der Waals surface area contributed by atoms with Gasteiger partial charge < -0.3 is 19.3 Å². The zero-order valence-corrected chi connectivity index (χ0v) is 17.4. The van der Waals surface area contributed by atoms with Crippen LogP contribution in [0.1, 0.15) is 27.4 Å². The molecule has 0 saturated carbocycles. The lowest BCUT2D eigenvalue weighted by Gasteiger charge is -2.09. The topological polar surface area (TPSA) is 119 Å². The average molecular weight is 432 g/mol. The van der Waals surface area contributed by atoms with Crippen molar-refractivity contribution >= 4 is 17.3 Å². The van der Waals surface area contributed by atoms with Gasteiger partial charge >= 0.3 is 0 Å². The summed E-state index contributed by atoms with van der Waals surface area (Å²) in [4.78, 5) is 23.7. The van der Waals surface area contributed by atoms with E-state index >= 15 is 0 Å². The summed E-state index contributed by atoms with van der Waals surface area (Å²) in [6.07, 6.45) is 0. The summed E-state index contributed by atoms with van der Waals surface area (Å²) in [5.41, 5.74) is 3.10. The van der Waals surface area contributed by atoms with E-state index < -0.39 is 10.8 Å². The fourth-order valence-corrected chi connectivity index (χ4v) is 3.32. The number of furan rings is 2. The van der Waals surface area contributed by atoms with Gasteiger partial charge in [0.15, 0.2) is 5.76 Å². The number of carbonyl (C=O) groups excluding carboxylic acids is 1. The van der Waals surface area contributed by atoms with E-state index in [1.807, 2.05) is 19.1 Å². The zero-order valence-electron chi connectivity index (χ0n) is 17.4. The molecule has 2 aromatic heterocycles. The van der Waals surface area contributed by atoms with Gasteiger partial charge in [-0.3, -0.25) is 14.9 Å². The van der Waals surface area contributed by atoms with Gasteiger partial charge in [-0.1, -0.05) is 18.2 Å². The molecule has 1 amide bonds. The van der Waals surface area contributed by atoms with Crippen molar-refractivity contribution in [1.29, 1.82) is 0 Å². The SMILES string of the molecule is Cc1ccc(-c2ccc(C(=O)Nc3cc(-c4ccc(CO)o4)ccc3C)o2)c([N+](=O)[O-])c1. The number of anilines is 1. The van der Waals surface area contributed by atoms with Crippen LogP contribution in [0, 0.1) is 24.0 Å². The Labute approximate surface area is 183 Å². The van der Waals surface area contributed by atoms with Crippen molar-refractivity contribution < 1.29 is 23.7 Å². The molecule has 2 N–H and O–H groups in total. The first-order valence-electron chi connectivity index (χ1n) is 9.83. The molecule has 0 aliphatic carbocycles. The van der Waals surface area contributed by atoms with E-state index in [0.717, 1.165) is 16.7 Å². The summed E-state index contributed by atoms with van der Waals surface area (Å²) in [5, 5.41) is 23.4.